The predicted molar refractivity (Wildman–Crippen MR) is 86.8 cm³/mol. The van der Waals surface area contributed by atoms with E-state index in [-0.39, 0.29) is 16.5 Å². The molecule has 6 heteroatoms. The van der Waals surface area contributed by atoms with Gasteiger partial charge in [-0.3, -0.25) is 0 Å². The molecule has 20 heavy (non-hydrogen) atoms. The van der Waals surface area contributed by atoms with Crippen LogP contribution in [0.2, 0.25) is 0 Å². The summed E-state index contributed by atoms with van der Waals surface area (Å²) in [7, 11) is -3.15. The van der Waals surface area contributed by atoms with Crippen LogP contribution in [0.5, 0.6) is 0 Å². The second-order valence-corrected chi connectivity index (χ2v) is 9.32. The molecule has 1 saturated carbocycles. The number of sulfonamides is 1. The summed E-state index contributed by atoms with van der Waals surface area (Å²) in [5.41, 5.74) is 0. The summed E-state index contributed by atoms with van der Waals surface area (Å²) in [5.74, 6) is 0.234. The normalized spacial score (nSPS) is 27.4. The zero-order chi connectivity index (χ0) is 14.5. The van der Waals surface area contributed by atoms with Crippen LogP contribution in [0, 0.1) is 0 Å². The Kier molecular flexibility index (Phi) is 6.20. The van der Waals surface area contributed by atoms with Crippen LogP contribution in [0.1, 0.15) is 51.4 Å². The first-order valence-electron chi connectivity index (χ1n) is 7.81. The monoisotopic (exact) mass is 320 g/mol. The van der Waals surface area contributed by atoms with Crippen molar-refractivity contribution in [1.82, 2.24) is 10.0 Å². The molecule has 1 heterocycles. The van der Waals surface area contributed by atoms with Gasteiger partial charge in [0.15, 0.2) is 0 Å². The lowest BCUT2D eigenvalue weighted by molar-refractivity contribution is 0.392. The maximum Gasteiger partial charge on any atom is 0.213 e. The molecule has 1 saturated heterocycles. The van der Waals surface area contributed by atoms with Crippen molar-refractivity contribution in [1.29, 1.82) is 0 Å². The second kappa shape index (κ2) is 7.47. The number of thioether (sulfide) groups is 1. The van der Waals surface area contributed by atoms with Gasteiger partial charge in [0.1, 0.15) is 0 Å². The van der Waals surface area contributed by atoms with E-state index in [9.17, 15) is 8.42 Å². The van der Waals surface area contributed by atoms with E-state index in [0.29, 0.717) is 6.54 Å². The lowest BCUT2D eigenvalue weighted by Gasteiger charge is -2.36. The molecule has 0 amide bonds. The summed E-state index contributed by atoms with van der Waals surface area (Å²) >= 11 is 1.84. The Hall–Kier alpha value is 0.220. The maximum absolute atomic E-state index is 12.2. The highest BCUT2D eigenvalue weighted by Gasteiger charge is 2.32. The topological polar surface area (TPSA) is 58.2 Å². The molecule has 4 nitrogen and oxygen atoms in total. The quantitative estimate of drug-likeness (QED) is 0.787. The first kappa shape index (κ1) is 16.6. The third-order valence-electron chi connectivity index (χ3n) is 4.65. The molecular formula is C14H28N2O2S2. The van der Waals surface area contributed by atoms with Gasteiger partial charge >= 0.3 is 0 Å². The Labute approximate surface area is 127 Å². The molecule has 0 aromatic carbocycles. The van der Waals surface area contributed by atoms with Crippen LogP contribution < -0.4 is 10.0 Å². The van der Waals surface area contributed by atoms with Gasteiger partial charge in [0.25, 0.3) is 0 Å². The summed E-state index contributed by atoms with van der Waals surface area (Å²) in [6.07, 6.45) is 11.4. The highest BCUT2D eigenvalue weighted by atomic mass is 32.2. The van der Waals surface area contributed by atoms with Gasteiger partial charge in [0, 0.05) is 17.3 Å². The molecule has 0 radical (unpaired) electrons. The fourth-order valence-electron chi connectivity index (χ4n) is 3.28. The largest absolute Gasteiger partial charge is 0.313 e. The molecule has 2 N–H and O–H groups in total. The third-order valence-corrected chi connectivity index (χ3v) is 7.49. The van der Waals surface area contributed by atoms with E-state index < -0.39 is 10.0 Å². The van der Waals surface area contributed by atoms with Crippen molar-refractivity contribution in [3.05, 3.63) is 0 Å². The molecule has 1 unspecified atom stereocenters. The second-order valence-electron chi connectivity index (χ2n) is 6.20. The fraction of sp³-hybridized carbons (Fsp3) is 1.00. The number of rotatable bonds is 6. The number of hydrogen-bond acceptors (Lipinski definition) is 4. The van der Waals surface area contributed by atoms with E-state index in [1.165, 1.54) is 25.7 Å². The van der Waals surface area contributed by atoms with Crippen LogP contribution in [0.25, 0.3) is 0 Å². The van der Waals surface area contributed by atoms with E-state index in [1.54, 1.807) is 0 Å². The van der Waals surface area contributed by atoms with Crippen LogP contribution in [-0.4, -0.2) is 44.3 Å². The molecule has 0 aromatic rings. The lowest BCUT2D eigenvalue weighted by atomic mass is 9.88. The minimum atomic E-state index is -3.15. The molecule has 1 atom stereocenters. The van der Waals surface area contributed by atoms with E-state index in [0.717, 1.165) is 32.2 Å². The summed E-state index contributed by atoms with van der Waals surface area (Å²) in [6, 6.07) is 0.137. The zero-order valence-corrected chi connectivity index (χ0v) is 14.1. The Bertz CT molecular complexity index is 386. The minimum Gasteiger partial charge on any atom is -0.313 e. The Morgan fingerprint density at radius 2 is 1.95 bits per heavy atom. The molecule has 0 spiro atoms. The Morgan fingerprint density at radius 1 is 1.20 bits per heavy atom. The Morgan fingerprint density at radius 3 is 2.55 bits per heavy atom. The number of hydrogen-bond donors (Lipinski definition) is 2. The first-order chi connectivity index (χ1) is 9.55. The Balaban J connectivity index is 1.84. The molecular weight excluding hydrogens is 292 g/mol. The smallest absolute Gasteiger partial charge is 0.213 e. The van der Waals surface area contributed by atoms with Gasteiger partial charge in [-0.25, -0.2) is 13.1 Å². The van der Waals surface area contributed by atoms with Gasteiger partial charge in [-0.2, -0.15) is 11.8 Å². The summed E-state index contributed by atoms with van der Waals surface area (Å²) < 4.78 is 27.5. The van der Waals surface area contributed by atoms with Gasteiger partial charge < -0.3 is 5.32 Å². The van der Waals surface area contributed by atoms with Crippen LogP contribution in [0.4, 0.5) is 0 Å². The van der Waals surface area contributed by atoms with E-state index >= 15 is 0 Å². The minimum absolute atomic E-state index is 0.130. The van der Waals surface area contributed by atoms with Crippen molar-refractivity contribution >= 4 is 21.8 Å². The van der Waals surface area contributed by atoms with E-state index in [1.807, 2.05) is 11.8 Å². The lowest BCUT2D eigenvalue weighted by Crippen LogP contribution is -2.46. The van der Waals surface area contributed by atoms with Gasteiger partial charge in [0.2, 0.25) is 10.0 Å². The van der Waals surface area contributed by atoms with Gasteiger partial charge in [-0.1, -0.05) is 25.7 Å². The highest BCUT2D eigenvalue weighted by Crippen LogP contribution is 2.38. The van der Waals surface area contributed by atoms with Crippen LogP contribution in [0.15, 0.2) is 0 Å². The maximum atomic E-state index is 12.2. The van der Waals surface area contributed by atoms with Crippen LogP contribution in [0.3, 0.4) is 0 Å². The molecule has 1 aliphatic heterocycles. The molecule has 1 aliphatic carbocycles. The SMILES string of the molecule is CSC1(CNS(=O)(=O)CC2CCCCN2)CCCCC1. The summed E-state index contributed by atoms with van der Waals surface area (Å²) in [5, 5.41) is 3.31. The molecule has 0 aromatic heterocycles. The van der Waals surface area contributed by atoms with E-state index in [2.05, 4.69) is 16.3 Å². The third kappa shape index (κ3) is 4.90. The predicted octanol–water partition coefficient (Wildman–Crippen LogP) is 2.11. The van der Waals surface area contributed by atoms with Crippen LogP contribution >= 0.6 is 11.8 Å². The van der Waals surface area contributed by atoms with Crippen LogP contribution in [-0.2, 0) is 10.0 Å². The zero-order valence-electron chi connectivity index (χ0n) is 12.5. The van der Waals surface area contributed by atoms with Crippen molar-refractivity contribution in [3.8, 4) is 0 Å². The average molecular weight is 321 g/mol. The molecule has 118 valence electrons. The first-order valence-corrected chi connectivity index (χ1v) is 10.7. The van der Waals surface area contributed by atoms with E-state index in [4.69, 9.17) is 0 Å². The summed E-state index contributed by atoms with van der Waals surface area (Å²) in [6.45, 7) is 1.55. The highest BCUT2D eigenvalue weighted by molar-refractivity contribution is 8.00. The number of piperidine rings is 1. The van der Waals surface area contributed by atoms with Gasteiger partial charge in [-0.05, 0) is 38.5 Å². The standard InChI is InChI=1S/C14H28N2O2S2/c1-19-14(8-4-2-5-9-14)12-16-20(17,18)11-13-7-3-6-10-15-13/h13,15-16H,2-12H2,1H3. The van der Waals surface area contributed by atoms with Gasteiger partial charge in [-0.15, -0.1) is 0 Å². The molecule has 2 aliphatic rings. The molecule has 2 fully saturated rings. The average Bonchev–Trinajstić information content (AvgIpc) is 2.47. The summed E-state index contributed by atoms with van der Waals surface area (Å²) in [4.78, 5) is 0. The van der Waals surface area contributed by atoms with Crippen molar-refractivity contribution in [2.24, 2.45) is 0 Å². The fourth-order valence-corrected chi connectivity index (χ4v) is 5.71. The molecule has 2 rings (SSSR count). The molecule has 0 bridgehead atoms. The number of nitrogens with one attached hydrogen (secondary N) is 2. The van der Waals surface area contributed by atoms with Crippen molar-refractivity contribution < 1.29 is 8.42 Å². The van der Waals surface area contributed by atoms with Crippen molar-refractivity contribution in [2.75, 3.05) is 25.1 Å². The van der Waals surface area contributed by atoms with Crippen molar-refractivity contribution in [3.63, 3.8) is 0 Å². The van der Waals surface area contributed by atoms with Crippen molar-refractivity contribution in [2.45, 2.75) is 62.2 Å². The van der Waals surface area contributed by atoms with Gasteiger partial charge in [0.05, 0.1) is 5.75 Å².